The van der Waals surface area contributed by atoms with Crippen molar-refractivity contribution in [1.29, 1.82) is 0 Å². The lowest BCUT2D eigenvalue weighted by atomic mass is 9.96. The number of carbonyl (C=O) groups excluding carboxylic acids is 1. The second-order valence-electron chi connectivity index (χ2n) is 6.96. The SMILES string of the molecule is O=C(NC1CCCCC1)N1CCC2(C1)Cn1c(n[nH]c1=O)CO2. The zero-order chi connectivity index (χ0) is 15.9. The lowest BCUT2D eigenvalue weighted by Gasteiger charge is -2.33. The zero-order valence-electron chi connectivity index (χ0n) is 13.2. The van der Waals surface area contributed by atoms with Gasteiger partial charge in [-0.25, -0.2) is 14.7 Å². The Morgan fingerprint density at radius 3 is 2.96 bits per heavy atom. The monoisotopic (exact) mass is 321 g/mol. The van der Waals surface area contributed by atoms with Gasteiger partial charge in [-0.05, 0) is 19.3 Å². The molecule has 2 aliphatic heterocycles. The van der Waals surface area contributed by atoms with Crippen molar-refractivity contribution in [3.8, 4) is 0 Å². The third kappa shape index (κ3) is 2.75. The maximum absolute atomic E-state index is 12.5. The molecule has 2 fully saturated rings. The number of urea groups is 1. The number of hydrogen-bond acceptors (Lipinski definition) is 4. The first-order valence-corrected chi connectivity index (χ1v) is 8.49. The Labute approximate surface area is 134 Å². The number of hydrogen-bond donors (Lipinski definition) is 2. The number of aromatic amines is 1. The second kappa shape index (κ2) is 5.67. The van der Waals surface area contributed by atoms with Crippen molar-refractivity contribution in [2.75, 3.05) is 13.1 Å². The number of rotatable bonds is 1. The fraction of sp³-hybridized carbons (Fsp3) is 0.800. The molecular formula is C15H23N5O3. The number of ether oxygens (including phenoxy) is 1. The molecule has 1 aromatic heterocycles. The Hall–Kier alpha value is -1.83. The van der Waals surface area contributed by atoms with E-state index in [0.717, 1.165) is 19.3 Å². The Kier molecular flexibility index (Phi) is 3.63. The quantitative estimate of drug-likeness (QED) is 0.792. The first-order chi connectivity index (χ1) is 11.2. The van der Waals surface area contributed by atoms with Gasteiger partial charge in [0.15, 0.2) is 5.82 Å². The first-order valence-electron chi connectivity index (χ1n) is 8.49. The van der Waals surface area contributed by atoms with Gasteiger partial charge in [0.1, 0.15) is 12.2 Å². The minimum Gasteiger partial charge on any atom is -0.363 e. The Balaban J connectivity index is 1.40. The third-order valence-corrected chi connectivity index (χ3v) is 5.33. The second-order valence-corrected chi connectivity index (χ2v) is 6.96. The molecule has 3 heterocycles. The highest BCUT2D eigenvalue weighted by Crippen LogP contribution is 2.31. The molecule has 1 atom stereocenters. The predicted molar refractivity (Wildman–Crippen MR) is 82.0 cm³/mol. The molecule has 1 saturated carbocycles. The summed E-state index contributed by atoms with van der Waals surface area (Å²) in [4.78, 5) is 26.1. The van der Waals surface area contributed by atoms with Gasteiger partial charge in [0.05, 0.1) is 13.1 Å². The van der Waals surface area contributed by atoms with E-state index in [4.69, 9.17) is 4.74 Å². The van der Waals surface area contributed by atoms with Crippen LogP contribution in [0, 0.1) is 0 Å². The molecule has 1 aromatic rings. The number of amides is 2. The van der Waals surface area contributed by atoms with Crippen molar-refractivity contribution in [3.05, 3.63) is 16.3 Å². The topological polar surface area (TPSA) is 92.3 Å². The van der Waals surface area contributed by atoms with Crippen molar-refractivity contribution in [3.63, 3.8) is 0 Å². The maximum Gasteiger partial charge on any atom is 0.343 e. The summed E-state index contributed by atoms with van der Waals surface area (Å²) in [6.07, 6.45) is 6.58. The summed E-state index contributed by atoms with van der Waals surface area (Å²) in [5.41, 5.74) is -0.655. The van der Waals surface area contributed by atoms with Crippen LogP contribution in [0.1, 0.15) is 44.3 Å². The summed E-state index contributed by atoms with van der Waals surface area (Å²) in [6, 6.07) is 0.311. The summed E-state index contributed by atoms with van der Waals surface area (Å²) in [7, 11) is 0. The number of nitrogens with one attached hydrogen (secondary N) is 2. The molecule has 1 saturated heterocycles. The average molecular weight is 321 g/mol. The highest BCUT2D eigenvalue weighted by Gasteiger charge is 2.44. The Bertz CT molecular complexity index is 648. The van der Waals surface area contributed by atoms with Gasteiger partial charge in [0, 0.05) is 12.6 Å². The van der Waals surface area contributed by atoms with Crippen molar-refractivity contribution in [2.45, 2.75) is 63.3 Å². The van der Waals surface area contributed by atoms with Crippen LogP contribution < -0.4 is 11.0 Å². The Morgan fingerprint density at radius 1 is 1.30 bits per heavy atom. The molecule has 1 aliphatic carbocycles. The van der Waals surface area contributed by atoms with Gasteiger partial charge < -0.3 is 15.0 Å². The average Bonchev–Trinajstić information content (AvgIpc) is 3.14. The molecule has 2 amide bonds. The minimum absolute atomic E-state index is 0.00251. The van der Waals surface area contributed by atoms with Gasteiger partial charge in [-0.3, -0.25) is 4.57 Å². The number of H-pyrrole nitrogens is 1. The molecular weight excluding hydrogens is 298 g/mol. The molecule has 23 heavy (non-hydrogen) atoms. The van der Waals surface area contributed by atoms with Crippen molar-refractivity contribution >= 4 is 6.03 Å². The number of likely N-dealkylation sites (tertiary alicyclic amines) is 1. The molecule has 4 rings (SSSR count). The van der Waals surface area contributed by atoms with Crippen LogP contribution in [0.3, 0.4) is 0 Å². The predicted octanol–water partition coefficient (Wildman–Crippen LogP) is 0.588. The van der Waals surface area contributed by atoms with Crippen LogP contribution in [-0.2, 0) is 17.9 Å². The van der Waals surface area contributed by atoms with E-state index in [1.54, 1.807) is 4.57 Å². The van der Waals surface area contributed by atoms with Gasteiger partial charge in [-0.15, -0.1) is 0 Å². The standard InChI is InChI=1S/C15H23N5O3/c21-13(16-11-4-2-1-3-5-11)19-7-6-15(9-19)10-20-12(8-23-15)17-18-14(20)22/h11H,1-10H2,(H,16,21)(H,18,22). The number of aromatic nitrogens is 3. The van der Waals surface area contributed by atoms with Crippen molar-refractivity contribution in [2.24, 2.45) is 0 Å². The van der Waals surface area contributed by atoms with E-state index >= 15 is 0 Å². The normalized spacial score (nSPS) is 28.1. The molecule has 1 unspecified atom stereocenters. The van der Waals surface area contributed by atoms with E-state index in [-0.39, 0.29) is 11.7 Å². The van der Waals surface area contributed by atoms with E-state index in [9.17, 15) is 9.59 Å². The van der Waals surface area contributed by atoms with E-state index in [1.165, 1.54) is 19.3 Å². The van der Waals surface area contributed by atoms with E-state index < -0.39 is 5.60 Å². The van der Waals surface area contributed by atoms with Crippen molar-refractivity contribution in [1.82, 2.24) is 25.0 Å². The van der Waals surface area contributed by atoms with Gasteiger partial charge in [-0.1, -0.05) is 19.3 Å². The van der Waals surface area contributed by atoms with Crippen LogP contribution in [0.25, 0.3) is 0 Å². The largest absolute Gasteiger partial charge is 0.363 e. The fourth-order valence-electron chi connectivity index (χ4n) is 3.95. The van der Waals surface area contributed by atoms with E-state index in [1.807, 2.05) is 4.90 Å². The lowest BCUT2D eigenvalue weighted by Crippen LogP contribution is -2.49. The molecule has 8 heteroatoms. The van der Waals surface area contributed by atoms with Crippen LogP contribution in [0.5, 0.6) is 0 Å². The van der Waals surface area contributed by atoms with Crippen LogP contribution >= 0.6 is 0 Å². The van der Waals surface area contributed by atoms with Gasteiger partial charge in [0.25, 0.3) is 0 Å². The first kappa shape index (κ1) is 14.7. The summed E-state index contributed by atoms with van der Waals surface area (Å²) < 4.78 is 7.60. The van der Waals surface area contributed by atoms with E-state index in [0.29, 0.717) is 38.1 Å². The number of nitrogens with zero attached hydrogens (tertiary/aromatic N) is 3. The Morgan fingerprint density at radius 2 is 2.13 bits per heavy atom. The molecule has 0 bridgehead atoms. The van der Waals surface area contributed by atoms with E-state index in [2.05, 4.69) is 15.5 Å². The molecule has 3 aliphatic rings. The van der Waals surface area contributed by atoms with Gasteiger partial charge >= 0.3 is 11.7 Å². The summed E-state index contributed by atoms with van der Waals surface area (Å²) in [5, 5.41) is 9.56. The molecule has 0 radical (unpaired) electrons. The molecule has 0 aromatic carbocycles. The maximum atomic E-state index is 12.5. The highest BCUT2D eigenvalue weighted by molar-refractivity contribution is 5.75. The minimum atomic E-state index is -0.454. The van der Waals surface area contributed by atoms with Crippen LogP contribution in [0.2, 0.25) is 0 Å². The fourth-order valence-corrected chi connectivity index (χ4v) is 3.95. The lowest BCUT2D eigenvalue weighted by molar-refractivity contribution is -0.0812. The third-order valence-electron chi connectivity index (χ3n) is 5.33. The zero-order valence-corrected chi connectivity index (χ0v) is 13.2. The summed E-state index contributed by atoms with van der Waals surface area (Å²) in [6.45, 7) is 1.98. The molecule has 2 N–H and O–H groups in total. The molecule has 126 valence electrons. The summed E-state index contributed by atoms with van der Waals surface area (Å²) >= 11 is 0. The summed E-state index contributed by atoms with van der Waals surface area (Å²) in [5.74, 6) is 0.630. The number of fused-ring (bicyclic) bond motifs is 1. The van der Waals surface area contributed by atoms with Gasteiger partial charge in [0.2, 0.25) is 0 Å². The molecule has 8 nitrogen and oxygen atoms in total. The van der Waals surface area contributed by atoms with Gasteiger partial charge in [-0.2, -0.15) is 5.10 Å². The molecule has 1 spiro atoms. The highest BCUT2D eigenvalue weighted by atomic mass is 16.5. The van der Waals surface area contributed by atoms with Crippen LogP contribution in [0.15, 0.2) is 4.79 Å². The number of carbonyl (C=O) groups is 1. The van der Waals surface area contributed by atoms with Crippen LogP contribution in [0.4, 0.5) is 4.79 Å². The van der Waals surface area contributed by atoms with Crippen molar-refractivity contribution < 1.29 is 9.53 Å². The van der Waals surface area contributed by atoms with Crippen LogP contribution in [-0.4, -0.2) is 50.4 Å². The smallest absolute Gasteiger partial charge is 0.343 e.